The third-order valence-electron chi connectivity index (χ3n) is 2.87. The molecule has 2 rings (SSSR count). The summed E-state index contributed by atoms with van der Waals surface area (Å²) >= 11 is 3.51. The molecule has 106 valence electrons. The van der Waals surface area contributed by atoms with Crippen molar-refractivity contribution < 1.29 is 19.3 Å². The van der Waals surface area contributed by atoms with Crippen molar-refractivity contribution in [2.45, 2.75) is 19.1 Å². The number of halogens is 1. The van der Waals surface area contributed by atoms with Crippen LogP contribution in [0.3, 0.4) is 0 Å². The Kier molecular flexibility index (Phi) is 5.45. The number of methoxy groups -OCH3 is 1. The highest BCUT2D eigenvalue weighted by Gasteiger charge is 2.16. The molecule has 1 unspecified atom stereocenters. The summed E-state index contributed by atoms with van der Waals surface area (Å²) in [4.78, 5) is 0. The lowest BCUT2D eigenvalue weighted by Gasteiger charge is -2.11. The van der Waals surface area contributed by atoms with E-state index >= 15 is 0 Å². The summed E-state index contributed by atoms with van der Waals surface area (Å²) in [6, 6.07) is 3.88. The number of hydrogen-bond donors (Lipinski definition) is 2. The second-order valence-corrected chi connectivity index (χ2v) is 5.23. The fourth-order valence-corrected chi connectivity index (χ4v) is 2.32. The van der Waals surface area contributed by atoms with Crippen molar-refractivity contribution in [3.05, 3.63) is 22.2 Å². The minimum atomic E-state index is -0.419. The summed E-state index contributed by atoms with van der Waals surface area (Å²) in [5.74, 6) is 1.55. The van der Waals surface area contributed by atoms with Gasteiger partial charge in [-0.25, -0.2) is 0 Å². The van der Waals surface area contributed by atoms with Gasteiger partial charge in [0.1, 0.15) is 0 Å². The van der Waals surface area contributed by atoms with Crippen LogP contribution in [0.25, 0.3) is 0 Å². The van der Waals surface area contributed by atoms with E-state index in [1.807, 2.05) is 12.1 Å². The summed E-state index contributed by atoms with van der Waals surface area (Å²) in [5, 5.41) is 12.8. The Morgan fingerprint density at radius 3 is 2.89 bits per heavy atom. The van der Waals surface area contributed by atoms with Crippen LogP contribution in [-0.4, -0.2) is 38.3 Å². The molecule has 0 fully saturated rings. The fourth-order valence-electron chi connectivity index (χ4n) is 1.86. The Labute approximate surface area is 121 Å². The maximum absolute atomic E-state index is 9.52. The topological polar surface area (TPSA) is 60.0 Å². The molecular formula is C13H18BrNO4. The van der Waals surface area contributed by atoms with Crippen molar-refractivity contribution in [1.29, 1.82) is 0 Å². The van der Waals surface area contributed by atoms with E-state index in [9.17, 15) is 5.11 Å². The van der Waals surface area contributed by atoms with Crippen LogP contribution >= 0.6 is 15.9 Å². The molecule has 6 heteroatoms. The molecule has 0 aliphatic carbocycles. The highest BCUT2D eigenvalue weighted by molar-refractivity contribution is 9.10. The van der Waals surface area contributed by atoms with E-state index in [4.69, 9.17) is 14.2 Å². The second kappa shape index (κ2) is 7.09. The number of fused-ring (bicyclic) bond motifs is 1. The minimum Gasteiger partial charge on any atom is -0.454 e. The van der Waals surface area contributed by atoms with Crippen LogP contribution in [0.4, 0.5) is 0 Å². The van der Waals surface area contributed by atoms with E-state index in [1.54, 1.807) is 7.11 Å². The molecule has 2 N–H and O–H groups in total. The van der Waals surface area contributed by atoms with Gasteiger partial charge in [0.05, 0.1) is 12.7 Å². The zero-order chi connectivity index (χ0) is 13.7. The number of rotatable bonds is 7. The second-order valence-electron chi connectivity index (χ2n) is 4.37. The molecule has 1 aliphatic rings. The van der Waals surface area contributed by atoms with Gasteiger partial charge in [-0.05, 0) is 30.7 Å². The lowest BCUT2D eigenvalue weighted by molar-refractivity contribution is 0.0594. The van der Waals surface area contributed by atoms with E-state index in [2.05, 4.69) is 21.2 Å². The predicted octanol–water partition coefficient (Wildman–Crippen LogP) is 1.66. The van der Waals surface area contributed by atoms with E-state index in [0.717, 1.165) is 28.1 Å². The molecule has 0 saturated carbocycles. The molecule has 5 nitrogen and oxygen atoms in total. The number of nitrogens with one attached hydrogen (secondary N) is 1. The van der Waals surface area contributed by atoms with E-state index in [0.29, 0.717) is 19.6 Å². The number of ether oxygens (including phenoxy) is 3. The van der Waals surface area contributed by atoms with Crippen molar-refractivity contribution in [3.63, 3.8) is 0 Å². The van der Waals surface area contributed by atoms with Crippen LogP contribution in [-0.2, 0) is 11.3 Å². The van der Waals surface area contributed by atoms with Gasteiger partial charge in [-0.15, -0.1) is 0 Å². The van der Waals surface area contributed by atoms with Crippen LogP contribution < -0.4 is 14.8 Å². The average molecular weight is 332 g/mol. The summed E-state index contributed by atoms with van der Waals surface area (Å²) in [6.45, 7) is 2.08. The lowest BCUT2D eigenvalue weighted by Crippen LogP contribution is -2.23. The SMILES string of the molecule is COCC(O)CCNCc1cc2c(cc1Br)OCO2. The maximum Gasteiger partial charge on any atom is 0.231 e. The molecule has 19 heavy (non-hydrogen) atoms. The molecule has 0 amide bonds. The third kappa shape index (κ3) is 4.07. The molecule has 0 spiro atoms. The largest absolute Gasteiger partial charge is 0.454 e. The molecule has 0 aromatic heterocycles. The van der Waals surface area contributed by atoms with Crippen LogP contribution in [0.5, 0.6) is 11.5 Å². The summed E-state index contributed by atoms with van der Waals surface area (Å²) in [6.07, 6.45) is 0.244. The molecule has 1 atom stereocenters. The number of hydrogen-bond acceptors (Lipinski definition) is 5. The molecule has 1 aliphatic heterocycles. The minimum absolute atomic E-state index is 0.280. The standard InChI is InChI=1S/C13H18BrNO4/c1-17-7-10(16)2-3-15-6-9-4-12-13(5-11(9)14)19-8-18-12/h4-5,10,15-16H,2-3,6-8H2,1H3. The van der Waals surface area contributed by atoms with Gasteiger partial charge in [-0.1, -0.05) is 15.9 Å². The van der Waals surface area contributed by atoms with E-state index < -0.39 is 6.10 Å². The quantitative estimate of drug-likeness (QED) is 0.744. The zero-order valence-electron chi connectivity index (χ0n) is 10.8. The van der Waals surface area contributed by atoms with Gasteiger partial charge in [0.2, 0.25) is 6.79 Å². The molecule has 1 aromatic rings. The monoisotopic (exact) mass is 331 g/mol. The summed E-state index contributed by atoms with van der Waals surface area (Å²) < 4.78 is 16.5. The fraction of sp³-hybridized carbons (Fsp3) is 0.538. The van der Waals surface area contributed by atoms with Gasteiger partial charge in [-0.2, -0.15) is 0 Å². The van der Waals surface area contributed by atoms with Crippen LogP contribution in [0, 0.1) is 0 Å². The van der Waals surface area contributed by atoms with Gasteiger partial charge in [0, 0.05) is 18.1 Å². The first-order chi connectivity index (χ1) is 9.20. The van der Waals surface area contributed by atoms with Crippen molar-refractivity contribution >= 4 is 15.9 Å². The van der Waals surface area contributed by atoms with Crippen LogP contribution in [0.1, 0.15) is 12.0 Å². The molecule has 0 saturated heterocycles. The van der Waals surface area contributed by atoms with Crippen molar-refractivity contribution in [2.24, 2.45) is 0 Å². The maximum atomic E-state index is 9.52. The van der Waals surface area contributed by atoms with Gasteiger partial charge < -0.3 is 24.6 Å². The smallest absolute Gasteiger partial charge is 0.231 e. The number of benzene rings is 1. The Hall–Kier alpha value is -0.820. The average Bonchev–Trinajstić information content (AvgIpc) is 2.82. The van der Waals surface area contributed by atoms with E-state index in [-0.39, 0.29) is 6.79 Å². The van der Waals surface area contributed by atoms with Crippen molar-refractivity contribution in [2.75, 3.05) is 27.1 Å². The van der Waals surface area contributed by atoms with Gasteiger partial charge >= 0.3 is 0 Å². The predicted molar refractivity (Wildman–Crippen MR) is 74.5 cm³/mol. The van der Waals surface area contributed by atoms with Crippen molar-refractivity contribution in [3.8, 4) is 11.5 Å². The summed E-state index contributed by atoms with van der Waals surface area (Å²) in [5.41, 5.74) is 1.10. The molecule has 1 heterocycles. The van der Waals surface area contributed by atoms with Gasteiger partial charge in [-0.3, -0.25) is 0 Å². The first-order valence-electron chi connectivity index (χ1n) is 6.16. The first-order valence-corrected chi connectivity index (χ1v) is 6.95. The third-order valence-corrected chi connectivity index (χ3v) is 3.61. The lowest BCUT2D eigenvalue weighted by atomic mass is 10.2. The first kappa shape index (κ1) is 14.6. The molecule has 0 radical (unpaired) electrons. The highest BCUT2D eigenvalue weighted by atomic mass is 79.9. The van der Waals surface area contributed by atoms with Crippen molar-refractivity contribution in [1.82, 2.24) is 5.32 Å². The van der Waals surface area contributed by atoms with Gasteiger partial charge in [0.15, 0.2) is 11.5 Å². The summed E-state index contributed by atoms with van der Waals surface area (Å²) in [7, 11) is 1.58. The number of aliphatic hydroxyl groups excluding tert-OH is 1. The van der Waals surface area contributed by atoms with E-state index in [1.165, 1.54) is 0 Å². The Morgan fingerprint density at radius 2 is 2.16 bits per heavy atom. The Bertz CT molecular complexity index is 427. The highest BCUT2D eigenvalue weighted by Crippen LogP contribution is 2.36. The van der Waals surface area contributed by atoms with Gasteiger partial charge in [0.25, 0.3) is 0 Å². The molecule has 1 aromatic carbocycles. The zero-order valence-corrected chi connectivity index (χ0v) is 12.4. The van der Waals surface area contributed by atoms with Crippen LogP contribution in [0.2, 0.25) is 0 Å². The Balaban J connectivity index is 1.80. The molecular weight excluding hydrogens is 314 g/mol. The Morgan fingerprint density at radius 1 is 1.42 bits per heavy atom. The molecule has 0 bridgehead atoms. The normalized spacial score (nSPS) is 14.7. The van der Waals surface area contributed by atoms with Crippen LogP contribution in [0.15, 0.2) is 16.6 Å². The number of aliphatic hydroxyl groups is 1.